The second-order valence-electron chi connectivity index (χ2n) is 6.84. The van der Waals surface area contributed by atoms with E-state index in [0.717, 1.165) is 57.6 Å². The Kier molecular flexibility index (Phi) is 5.18. The average Bonchev–Trinajstić information content (AvgIpc) is 3.25. The summed E-state index contributed by atoms with van der Waals surface area (Å²) < 4.78 is 5.03. The molecule has 7 heteroatoms. The summed E-state index contributed by atoms with van der Waals surface area (Å²) in [7, 11) is 0. The van der Waals surface area contributed by atoms with Crippen LogP contribution in [0.15, 0.2) is 10.6 Å². The normalized spacial score (nSPS) is 21.0. The van der Waals surface area contributed by atoms with Crippen LogP contribution < -0.4 is 5.32 Å². The standard InChI is InChI=1S/C17H26N4O3/c1-12-11-15(24-19-12)18-16(22)13(2)20-9-5-14(6-10-20)17(23)21-7-3-4-8-21/h11,13-14H,3-10H2,1-2H3,(H,18,22). The third-order valence-corrected chi connectivity index (χ3v) is 5.10. The Morgan fingerprint density at radius 2 is 1.92 bits per heavy atom. The number of hydrogen-bond donors (Lipinski definition) is 1. The number of amides is 2. The minimum Gasteiger partial charge on any atom is -0.342 e. The molecule has 2 aliphatic heterocycles. The lowest BCUT2D eigenvalue weighted by atomic mass is 9.94. The van der Waals surface area contributed by atoms with E-state index in [0.29, 0.717) is 11.8 Å². The fraction of sp³-hybridized carbons (Fsp3) is 0.706. The van der Waals surface area contributed by atoms with Gasteiger partial charge in [-0.2, -0.15) is 0 Å². The molecule has 1 aromatic rings. The molecule has 0 bridgehead atoms. The summed E-state index contributed by atoms with van der Waals surface area (Å²) in [5.74, 6) is 0.701. The maximum absolute atomic E-state index is 12.5. The van der Waals surface area contributed by atoms with Gasteiger partial charge in [-0.1, -0.05) is 5.16 Å². The molecule has 2 saturated heterocycles. The topological polar surface area (TPSA) is 78.7 Å². The molecule has 0 saturated carbocycles. The molecular weight excluding hydrogens is 308 g/mol. The Balaban J connectivity index is 1.48. The molecule has 3 rings (SSSR count). The van der Waals surface area contributed by atoms with Gasteiger partial charge in [-0.3, -0.25) is 19.8 Å². The molecule has 1 aromatic heterocycles. The average molecular weight is 334 g/mol. The monoisotopic (exact) mass is 334 g/mol. The molecular formula is C17H26N4O3. The highest BCUT2D eigenvalue weighted by molar-refractivity contribution is 5.93. The van der Waals surface area contributed by atoms with E-state index in [9.17, 15) is 9.59 Å². The van der Waals surface area contributed by atoms with Crippen LogP contribution in [-0.4, -0.2) is 59.0 Å². The summed E-state index contributed by atoms with van der Waals surface area (Å²) in [5.41, 5.74) is 0.735. The zero-order valence-corrected chi connectivity index (χ0v) is 14.5. The van der Waals surface area contributed by atoms with E-state index < -0.39 is 0 Å². The van der Waals surface area contributed by atoms with Gasteiger partial charge in [0.05, 0.1) is 11.7 Å². The smallest absolute Gasteiger partial charge is 0.243 e. The third kappa shape index (κ3) is 3.77. The fourth-order valence-electron chi connectivity index (χ4n) is 3.54. The van der Waals surface area contributed by atoms with Crippen LogP contribution >= 0.6 is 0 Å². The van der Waals surface area contributed by atoms with Crippen molar-refractivity contribution in [2.45, 2.75) is 45.6 Å². The number of aryl methyl sites for hydroxylation is 1. The zero-order valence-electron chi connectivity index (χ0n) is 14.5. The number of carbonyl (C=O) groups excluding carboxylic acids is 2. The van der Waals surface area contributed by atoms with Crippen LogP contribution in [0.5, 0.6) is 0 Å². The molecule has 24 heavy (non-hydrogen) atoms. The molecule has 0 spiro atoms. The molecule has 1 N–H and O–H groups in total. The van der Waals surface area contributed by atoms with E-state index in [1.54, 1.807) is 6.07 Å². The Hall–Kier alpha value is -1.89. The predicted octanol–water partition coefficient (Wildman–Crippen LogP) is 1.64. The Morgan fingerprint density at radius 3 is 2.50 bits per heavy atom. The molecule has 0 aliphatic carbocycles. The van der Waals surface area contributed by atoms with E-state index in [1.807, 2.05) is 18.7 Å². The summed E-state index contributed by atoms with van der Waals surface area (Å²) in [4.78, 5) is 28.9. The van der Waals surface area contributed by atoms with Crippen molar-refractivity contribution in [1.82, 2.24) is 15.0 Å². The number of piperidine rings is 1. The summed E-state index contributed by atoms with van der Waals surface area (Å²) in [6, 6.07) is 1.45. The van der Waals surface area contributed by atoms with Crippen LogP contribution in [0.25, 0.3) is 0 Å². The first-order valence-corrected chi connectivity index (χ1v) is 8.81. The van der Waals surface area contributed by atoms with Gasteiger partial charge in [0.2, 0.25) is 17.7 Å². The number of carbonyl (C=O) groups is 2. The number of likely N-dealkylation sites (tertiary alicyclic amines) is 2. The van der Waals surface area contributed by atoms with Crippen LogP contribution in [0.3, 0.4) is 0 Å². The lowest BCUT2D eigenvalue weighted by molar-refractivity contribution is -0.136. The van der Waals surface area contributed by atoms with Crippen molar-refractivity contribution >= 4 is 17.7 Å². The fourth-order valence-corrected chi connectivity index (χ4v) is 3.54. The lowest BCUT2D eigenvalue weighted by Crippen LogP contribution is -2.48. The van der Waals surface area contributed by atoms with E-state index in [2.05, 4.69) is 15.4 Å². The second-order valence-corrected chi connectivity index (χ2v) is 6.84. The highest BCUT2D eigenvalue weighted by atomic mass is 16.5. The molecule has 2 amide bonds. The van der Waals surface area contributed by atoms with Crippen LogP contribution in [0, 0.1) is 12.8 Å². The number of rotatable bonds is 4. The Morgan fingerprint density at radius 1 is 1.25 bits per heavy atom. The van der Waals surface area contributed by atoms with Gasteiger partial charge in [0.1, 0.15) is 0 Å². The van der Waals surface area contributed by atoms with Crippen molar-refractivity contribution in [3.63, 3.8) is 0 Å². The van der Waals surface area contributed by atoms with Gasteiger partial charge in [0.15, 0.2) is 0 Å². The highest BCUT2D eigenvalue weighted by Gasteiger charge is 2.32. The minimum absolute atomic E-state index is 0.101. The van der Waals surface area contributed by atoms with Gasteiger partial charge in [0.25, 0.3) is 0 Å². The Labute approximate surface area is 142 Å². The quantitative estimate of drug-likeness (QED) is 0.906. The lowest BCUT2D eigenvalue weighted by Gasteiger charge is -2.35. The van der Waals surface area contributed by atoms with Crippen molar-refractivity contribution in [1.29, 1.82) is 0 Å². The van der Waals surface area contributed by atoms with E-state index in [4.69, 9.17) is 4.52 Å². The highest BCUT2D eigenvalue weighted by Crippen LogP contribution is 2.23. The van der Waals surface area contributed by atoms with E-state index in [1.165, 1.54) is 0 Å². The maximum atomic E-state index is 12.5. The molecule has 132 valence electrons. The summed E-state index contributed by atoms with van der Waals surface area (Å²) in [5, 5.41) is 6.52. The van der Waals surface area contributed by atoms with Crippen LogP contribution in [0.1, 0.15) is 38.3 Å². The van der Waals surface area contributed by atoms with Crippen molar-refractivity contribution in [2.75, 3.05) is 31.5 Å². The zero-order chi connectivity index (χ0) is 17.1. The predicted molar refractivity (Wildman–Crippen MR) is 89.4 cm³/mol. The van der Waals surface area contributed by atoms with Gasteiger partial charge in [-0.25, -0.2) is 0 Å². The van der Waals surface area contributed by atoms with Crippen LogP contribution in [0.4, 0.5) is 5.88 Å². The number of nitrogens with zero attached hydrogens (tertiary/aromatic N) is 3. The van der Waals surface area contributed by atoms with Crippen molar-refractivity contribution in [3.8, 4) is 0 Å². The van der Waals surface area contributed by atoms with Gasteiger partial charge >= 0.3 is 0 Å². The van der Waals surface area contributed by atoms with Crippen LogP contribution in [-0.2, 0) is 9.59 Å². The first-order valence-electron chi connectivity index (χ1n) is 8.81. The van der Waals surface area contributed by atoms with E-state index >= 15 is 0 Å². The SMILES string of the molecule is Cc1cc(NC(=O)C(C)N2CCC(C(=O)N3CCCC3)CC2)on1. The number of nitrogens with one attached hydrogen (secondary N) is 1. The van der Waals surface area contributed by atoms with Gasteiger partial charge in [0, 0.05) is 25.1 Å². The second kappa shape index (κ2) is 7.34. The first kappa shape index (κ1) is 17.0. The molecule has 3 heterocycles. The molecule has 2 fully saturated rings. The van der Waals surface area contributed by atoms with Crippen molar-refractivity contribution in [2.24, 2.45) is 5.92 Å². The third-order valence-electron chi connectivity index (χ3n) is 5.10. The number of anilines is 1. The summed E-state index contributed by atoms with van der Waals surface area (Å²) in [6.45, 7) is 7.07. The van der Waals surface area contributed by atoms with Crippen molar-refractivity contribution in [3.05, 3.63) is 11.8 Å². The summed E-state index contributed by atoms with van der Waals surface area (Å²) in [6.07, 6.45) is 3.91. The molecule has 7 nitrogen and oxygen atoms in total. The first-order chi connectivity index (χ1) is 11.5. The van der Waals surface area contributed by atoms with Gasteiger partial charge < -0.3 is 9.42 Å². The molecule has 0 radical (unpaired) electrons. The molecule has 0 aromatic carbocycles. The number of hydrogen-bond acceptors (Lipinski definition) is 5. The molecule has 1 atom stereocenters. The summed E-state index contributed by atoms with van der Waals surface area (Å²) >= 11 is 0. The molecule has 2 aliphatic rings. The number of aromatic nitrogens is 1. The van der Waals surface area contributed by atoms with Crippen molar-refractivity contribution < 1.29 is 14.1 Å². The largest absolute Gasteiger partial charge is 0.342 e. The minimum atomic E-state index is -0.252. The van der Waals surface area contributed by atoms with Gasteiger partial charge in [-0.15, -0.1) is 0 Å². The maximum Gasteiger partial charge on any atom is 0.243 e. The van der Waals surface area contributed by atoms with Gasteiger partial charge in [-0.05, 0) is 52.6 Å². The van der Waals surface area contributed by atoms with Crippen LogP contribution in [0.2, 0.25) is 0 Å². The van der Waals surface area contributed by atoms with E-state index in [-0.39, 0.29) is 17.9 Å². The Bertz CT molecular complexity index is 586. The molecule has 1 unspecified atom stereocenters.